The first-order valence-corrected chi connectivity index (χ1v) is 7.20. The Labute approximate surface area is 116 Å². The van der Waals surface area contributed by atoms with Crippen LogP contribution in [0.2, 0.25) is 0 Å². The number of aromatic nitrogens is 3. The lowest BCUT2D eigenvalue weighted by molar-refractivity contribution is 0.0522. The lowest BCUT2D eigenvalue weighted by atomic mass is 10.2. The third-order valence-corrected chi connectivity index (χ3v) is 3.76. The average molecular weight is 279 g/mol. The van der Waals surface area contributed by atoms with Gasteiger partial charge in [0, 0.05) is 18.1 Å². The van der Waals surface area contributed by atoms with Crippen LogP contribution in [-0.4, -0.2) is 33.1 Å². The molecule has 0 aliphatic carbocycles. The second-order valence-electron chi connectivity index (χ2n) is 4.06. The molecular weight excluding hydrogens is 262 g/mol. The van der Waals surface area contributed by atoms with Crippen LogP contribution in [0.4, 0.5) is 0 Å². The van der Waals surface area contributed by atoms with Crippen molar-refractivity contribution in [1.29, 1.82) is 0 Å². The van der Waals surface area contributed by atoms with Crippen LogP contribution in [0.1, 0.15) is 29.9 Å². The maximum atomic E-state index is 12.0. The number of aryl methyl sites for hydroxylation is 2. The topological polar surface area (TPSA) is 57.0 Å². The Morgan fingerprint density at radius 3 is 2.84 bits per heavy atom. The van der Waals surface area contributed by atoms with E-state index < -0.39 is 0 Å². The van der Waals surface area contributed by atoms with E-state index in [1.54, 1.807) is 29.6 Å². The number of fused-ring (bicyclic) bond motifs is 1. The van der Waals surface area contributed by atoms with Crippen LogP contribution in [0.25, 0.3) is 11.0 Å². The Hall–Kier alpha value is -1.56. The normalized spacial score (nSPS) is 10.9. The van der Waals surface area contributed by atoms with Gasteiger partial charge in [-0.15, -0.1) is 11.8 Å². The van der Waals surface area contributed by atoms with Crippen LogP contribution >= 0.6 is 11.8 Å². The first-order chi connectivity index (χ1) is 9.10. The van der Waals surface area contributed by atoms with Crippen molar-refractivity contribution < 1.29 is 9.53 Å². The van der Waals surface area contributed by atoms with Crippen LogP contribution < -0.4 is 0 Å². The Bertz CT molecular complexity index is 622. The van der Waals surface area contributed by atoms with E-state index in [0.717, 1.165) is 27.4 Å². The predicted molar refractivity (Wildman–Crippen MR) is 75.6 cm³/mol. The number of pyridine rings is 1. The summed E-state index contributed by atoms with van der Waals surface area (Å²) in [4.78, 5) is 17.2. The Morgan fingerprint density at radius 1 is 1.47 bits per heavy atom. The Kier molecular flexibility index (Phi) is 4.09. The summed E-state index contributed by atoms with van der Waals surface area (Å²) >= 11 is 1.62. The average Bonchev–Trinajstić information content (AvgIpc) is 2.66. The van der Waals surface area contributed by atoms with Gasteiger partial charge in [-0.05, 0) is 19.6 Å². The predicted octanol–water partition coefficient (Wildman–Crippen LogP) is 2.57. The van der Waals surface area contributed by atoms with Crippen LogP contribution in [0.5, 0.6) is 0 Å². The van der Waals surface area contributed by atoms with Gasteiger partial charge in [0.05, 0.1) is 23.3 Å². The third-order valence-electron chi connectivity index (χ3n) is 2.76. The second-order valence-corrected chi connectivity index (χ2v) is 5.34. The van der Waals surface area contributed by atoms with Gasteiger partial charge in [0.1, 0.15) is 0 Å². The zero-order valence-corrected chi connectivity index (χ0v) is 12.4. The van der Waals surface area contributed by atoms with Crippen LogP contribution in [0, 0.1) is 6.92 Å². The number of hydrogen-bond donors (Lipinski definition) is 0. The summed E-state index contributed by atoms with van der Waals surface area (Å²) in [5.74, 6) is 0.552. The minimum atomic E-state index is -0.323. The highest BCUT2D eigenvalue weighted by molar-refractivity contribution is 7.99. The molecule has 2 aromatic rings. The quantitative estimate of drug-likeness (QED) is 0.636. The summed E-state index contributed by atoms with van der Waals surface area (Å²) in [5.41, 5.74) is 2.20. The monoisotopic (exact) mass is 279 g/mol. The standard InChI is InChI=1S/C13H17N3O2S/c1-5-18-13(17)9-7-14-12-10(11(9)19-6-2)8(3)15-16(12)4/h7H,5-6H2,1-4H3. The summed E-state index contributed by atoms with van der Waals surface area (Å²) in [6.07, 6.45) is 1.58. The van der Waals surface area contributed by atoms with Gasteiger partial charge in [0.25, 0.3) is 0 Å². The molecule has 2 aromatic heterocycles. The maximum absolute atomic E-state index is 12.0. The number of ether oxygens (including phenoxy) is 1. The third kappa shape index (κ3) is 2.45. The zero-order valence-electron chi connectivity index (χ0n) is 11.6. The summed E-state index contributed by atoms with van der Waals surface area (Å²) < 4.78 is 6.83. The lowest BCUT2D eigenvalue weighted by Crippen LogP contribution is -2.07. The largest absolute Gasteiger partial charge is 0.462 e. The SMILES string of the molecule is CCOC(=O)c1cnc2c(c(C)nn2C)c1SCC. The van der Waals surface area contributed by atoms with E-state index in [4.69, 9.17) is 4.74 Å². The van der Waals surface area contributed by atoms with Gasteiger partial charge in [-0.2, -0.15) is 5.10 Å². The number of carbonyl (C=O) groups is 1. The van der Waals surface area contributed by atoms with Gasteiger partial charge in [-0.1, -0.05) is 6.92 Å². The zero-order chi connectivity index (χ0) is 14.0. The number of esters is 1. The van der Waals surface area contributed by atoms with Gasteiger partial charge in [0.15, 0.2) is 5.65 Å². The molecule has 102 valence electrons. The van der Waals surface area contributed by atoms with E-state index in [0.29, 0.717) is 12.2 Å². The summed E-state index contributed by atoms with van der Waals surface area (Å²) in [6.45, 7) is 6.14. The van der Waals surface area contributed by atoms with Gasteiger partial charge >= 0.3 is 5.97 Å². The molecule has 5 nitrogen and oxygen atoms in total. The van der Waals surface area contributed by atoms with Gasteiger partial charge in [0.2, 0.25) is 0 Å². The van der Waals surface area contributed by atoms with Crippen molar-refractivity contribution in [3.8, 4) is 0 Å². The summed E-state index contributed by atoms with van der Waals surface area (Å²) in [7, 11) is 1.85. The van der Waals surface area contributed by atoms with Crippen molar-refractivity contribution >= 4 is 28.8 Å². The number of rotatable bonds is 4. The van der Waals surface area contributed by atoms with Gasteiger partial charge < -0.3 is 4.74 Å². The minimum Gasteiger partial charge on any atom is -0.462 e. The Balaban J connectivity index is 2.68. The molecule has 0 saturated heterocycles. The molecule has 0 bridgehead atoms. The van der Waals surface area contributed by atoms with Crippen molar-refractivity contribution in [3.05, 3.63) is 17.5 Å². The molecule has 0 aromatic carbocycles. The van der Waals surface area contributed by atoms with E-state index >= 15 is 0 Å². The van der Waals surface area contributed by atoms with Crippen LogP contribution in [0.3, 0.4) is 0 Å². The first-order valence-electron chi connectivity index (χ1n) is 6.22. The fourth-order valence-electron chi connectivity index (χ4n) is 2.03. The Morgan fingerprint density at radius 2 is 2.21 bits per heavy atom. The molecule has 0 radical (unpaired) electrons. The number of carbonyl (C=O) groups excluding carboxylic acids is 1. The van der Waals surface area contributed by atoms with Crippen molar-refractivity contribution in [2.75, 3.05) is 12.4 Å². The molecule has 0 aliphatic rings. The highest BCUT2D eigenvalue weighted by Crippen LogP contribution is 2.32. The first kappa shape index (κ1) is 13.9. The highest BCUT2D eigenvalue weighted by Gasteiger charge is 2.20. The van der Waals surface area contributed by atoms with Crippen molar-refractivity contribution in [2.45, 2.75) is 25.7 Å². The fraction of sp³-hybridized carbons (Fsp3) is 0.462. The molecule has 0 aliphatic heterocycles. The van der Waals surface area contributed by atoms with Crippen molar-refractivity contribution in [2.24, 2.45) is 7.05 Å². The molecule has 0 N–H and O–H groups in total. The fourth-order valence-corrected chi connectivity index (χ4v) is 2.99. The molecule has 0 atom stereocenters. The molecule has 0 spiro atoms. The van der Waals surface area contributed by atoms with E-state index in [1.165, 1.54) is 0 Å². The van der Waals surface area contributed by atoms with E-state index in [9.17, 15) is 4.79 Å². The smallest absolute Gasteiger partial charge is 0.340 e. The van der Waals surface area contributed by atoms with Crippen LogP contribution in [-0.2, 0) is 11.8 Å². The molecule has 0 amide bonds. The summed E-state index contributed by atoms with van der Waals surface area (Å²) in [6, 6.07) is 0. The lowest BCUT2D eigenvalue weighted by Gasteiger charge is -2.09. The van der Waals surface area contributed by atoms with Crippen molar-refractivity contribution in [1.82, 2.24) is 14.8 Å². The summed E-state index contributed by atoms with van der Waals surface area (Å²) in [5, 5.41) is 5.31. The molecule has 2 heterocycles. The highest BCUT2D eigenvalue weighted by atomic mass is 32.2. The number of thioether (sulfide) groups is 1. The molecule has 6 heteroatoms. The number of nitrogens with zero attached hydrogens (tertiary/aromatic N) is 3. The molecule has 0 fully saturated rings. The molecular formula is C13H17N3O2S. The van der Waals surface area contributed by atoms with E-state index in [1.807, 2.05) is 14.0 Å². The van der Waals surface area contributed by atoms with Gasteiger partial charge in [-0.25, -0.2) is 9.78 Å². The second kappa shape index (κ2) is 5.61. The maximum Gasteiger partial charge on any atom is 0.340 e. The van der Waals surface area contributed by atoms with Crippen LogP contribution in [0.15, 0.2) is 11.1 Å². The van der Waals surface area contributed by atoms with Crippen molar-refractivity contribution in [3.63, 3.8) is 0 Å². The molecule has 0 unspecified atom stereocenters. The molecule has 0 saturated carbocycles. The molecule has 2 rings (SSSR count). The van der Waals surface area contributed by atoms with E-state index in [2.05, 4.69) is 17.0 Å². The minimum absolute atomic E-state index is 0.323. The van der Waals surface area contributed by atoms with E-state index in [-0.39, 0.29) is 5.97 Å². The van der Waals surface area contributed by atoms with Gasteiger partial charge in [-0.3, -0.25) is 4.68 Å². The number of hydrogen-bond acceptors (Lipinski definition) is 5. The molecule has 19 heavy (non-hydrogen) atoms.